The maximum atomic E-state index is 11.9. The third-order valence-electron chi connectivity index (χ3n) is 5.41. The van der Waals surface area contributed by atoms with Crippen LogP contribution in [0.25, 0.3) is 16.8 Å². The molecular formula is C27H23ClN2O2. The van der Waals surface area contributed by atoms with Gasteiger partial charge in [0.1, 0.15) is 0 Å². The average molecular weight is 443 g/mol. The van der Waals surface area contributed by atoms with Gasteiger partial charge in [-0.25, -0.2) is 4.79 Å². The van der Waals surface area contributed by atoms with Crippen LogP contribution in [0.5, 0.6) is 0 Å². The number of aromatic nitrogens is 1. The third kappa shape index (κ3) is 4.36. The Bertz CT molecular complexity index is 1290. The lowest BCUT2D eigenvalue weighted by molar-refractivity contribution is 0.0601. The summed E-state index contributed by atoms with van der Waals surface area (Å²) in [6.07, 6.45) is 1.81. The van der Waals surface area contributed by atoms with Crippen molar-refractivity contribution in [3.05, 3.63) is 106 Å². The van der Waals surface area contributed by atoms with E-state index in [-0.39, 0.29) is 0 Å². The Hall–Kier alpha value is -3.63. The van der Waals surface area contributed by atoms with E-state index in [1.807, 2.05) is 24.4 Å². The van der Waals surface area contributed by atoms with Crippen LogP contribution in [0.2, 0.25) is 5.02 Å². The summed E-state index contributed by atoms with van der Waals surface area (Å²) < 4.78 is 6.99. The van der Waals surface area contributed by atoms with E-state index >= 15 is 0 Å². The molecule has 0 radical (unpaired) electrons. The minimum atomic E-state index is -0.482. The Kier molecular flexibility index (Phi) is 6.24. The smallest absolute Gasteiger partial charge is 0.339 e. The van der Waals surface area contributed by atoms with Crippen LogP contribution in [0.1, 0.15) is 27.3 Å². The van der Waals surface area contributed by atoms with Crippen molar-refractivity contribution in [1.29, 1.82) is 0 Å². The molecule has 0 N–H and O–H groups in total. The number of carbonyl (C=O) groups is 1. The highest BCUT2D eigenvalue weighted by atomic mass is 35.5. The van der Waals surface area contributed by atoms with Crippen LogP contribution in [-0.2, 0) is 4.74 Å². The fourth-order valence-electron chi connectivity index (χ4n) is 3.75. The van der Waals surface area contributed by atoms with E-state index in [1.54, 1.807) is 18.2 Å². The molecule has 32 heavy (non-hydrogen) atoms. The summed E-state index contributed by atoms with van der Waals surface area (Å²) in [5.41, 5.74) is 7.61. The summed E-state index contributed by atoms with van der Waals surface area (Å²) >= 11 is 6.10. The Morgan fingerprint density at radius 2 is 1.62 bits per heavy atom. The van der Waals surface area contributed by atoms with Crippen molar-refractivity contribution in [3.63, 3.8) is 0 Å². The molecule has 0 unspecified atom stereocenters. The van der Waals surface area contributed by atoms with Gasteiger partial charge in [0.05, 0.1) is 23.4 Å². The average Bonchev–Trinajstić information content (AvgIpc) is 3.11. The third-order valence-corrected chi connectivity index (χ3v) is 5.74. The van der Waals surface area contributed by atoms with Gasteiger partial charge in [-0.05, 0) is 61.4 Å². The van der Waals surface area contributed by atoms with Gasteiger partial charge in [0.15, 0.2) is 0 Å². The van der Waals surface area contributed by atoms with E-state index in [0.29, 0.717) is 16.3 Å². The highest BCUT2D eigenvalue weighted by molar-refractivity contribution is 6.33. The van der Waals surface area contributed by atoms with Crippen LogP contribution in [0, 0.1) is 13.8 Å². The first-order chi connectivity index (χ1) is 15.5. The minimum absolute atomic E-state index is 0.299. The number of hydrogen-bond donors (Lipinski definition) is 0. The summed E-state index contributed by atoms with van der Waals surface area (Å²) in [4.78, 5) is 16.4. The number of ether oxygens (including phenoxy) is 1. The molecule has 0 aliphatic carbocycles. The molecule has 0 atom stereocenters. The molecule has 3 aromatic carbocycles. The lowest BCUT2D eigenvalue weighted by atomic mass is 10.1. The van der Waals surface area contributed by atoms with Gasteiger partial charge in [-0.3, -0.25) is 4.99 Å². The second-order valence-corrected chi connectivity index (χ2v) is 7.90. The van der Waals surface area contributed by atoms with Crippen LogP contribution < -0.4 is 0 Å². The number of carbonyl (C=O) groups excluding carboxylic acids is 1. The van der Waals surface area contributed by atoms with Crippen LogP contribution in [0.4, 0.5) is 5.69 Å². The van der Waals surface area contributed by atoms with Crippen LogP contribution >= 0.6 is 11.6 Å². The maximum absolute atomic E-state index is 11.9. The molecule has 4 nitrogen and oxygen atoms in total. The molecule has 0 saturated heterocycles. The second kappa shape index (κ2) is 9.25. The molecule has 0 bridgehead atoms. The SMILES string of the molecule is COC(=O)c1cc(N=Cc2cc(C)n(-c3ccc(-c4ccccc4)cc3)c2C)ccc1Cl. The number of halogens is 1. The minimum Gasteiger partial charge on any atom is -0.465 e. The first-order valence-corrected chi connectivity index (χ1v) is 10.6. The van der Waals surface area contributed by atoms with Crippen molar-refractivity contribution in [2.75, 3.05) is 7.11 Å². The number of rotatable bonds is 5. The standard InChI is InChI=1S/C27H23ClN2O2/c1-18-15-22(17-29-23-11-14-26(28)25(16-23)27(31)32-3)19(2)30(18)24-12-9-21(10-13-24)20-7-5-4-6-8-20/h4-17H,1-3H3. The maximum Gasteiger partial charge on any atom is 0.339 e. The molecule has 5 heteroatoms. The summed E-state index contributed by atoms with van der Waals surface area (Å²) in [7, 11) is 1.33. The van der Waals surface area contributed by atoms with Crippen LogP contribution in [0.3, 0.4) is 0 Å². The van der Waals surface area contributed by atoms with Crippen molar-refractivity contribution >= 4 is 29.5 Å². The van der Waals surface area contributed by atoms with Crippen molar-refractivity contribution in [2.24, 2.45) is 4.99 Å². The van der Waals surface area contributed by atoms with Crippen molar-refractivity contribution in [3.8, 4) is 16.8 Å². The first kappa shape index (κ1) is 21.6. The number of esters is 1. The van der Waals surface area contributed by atoms with Gasteiger partial charge in [0, 0.05) is 28.9 Å². The lowest BCUT2D eigenvalue weighted by Gasteiger charge is -2.11. The molecule has 0 fully saturated rings. The number of hydrogen-bond acceptors (Lipinski definition) is 3. The molecule has 0 spiro atoms. The van der Waals surface area contributed by atoms with E-state index in [4.69, 9.17) is 16.3 Å². The Labute approximate surface area is 192 Å². The Balaban J connectivity index is 1.62. The van der Waals surface area contributed by atoms with Crippen molar-refractivity contribution < 1.29 is 9.53 Å². The van der Waals surface area contributed by atoms with Crippen LogP contribution in [0.15, 0.2) is 83.9 Å². The largest absolute Gasteiger partial charge is 0.465 e. The van der Waals surface area contributed by atoms with E-state index in [2.05, 4.69) is 65.9 Å². The van der Waals surface area contributed by atoms with Gasteiger partial charge < -0.3 is 9.30 Å². The van der Waals surface area contributed by atoms with Gasteiger partial charge in [0.2, 0.25) is 0 Å². The zero-order chi connectivity index (χ0) is 22.7. The number of benzene rings is 3. The Morgan fingerprint density at radius 1 is 0.938 bits per heavy atom. The first-order valence-electron chi connectivity index (χ1n) is 10.2. The number of nitrogens with zero attached hydrogens (tertiary/aromatic N) is 2. The quantitative estimate of drug-likeness (QED) is 0.248. The van der Waals surface area contributed by atoms with Gasteiger partial charge in [-0.2, -0.15) is 0 Å². The van der Waals surface area contributed by atoms with Gasteiger partial charge >= 0.3 is 5.97 Å². The molecule has 1 aromatic heterocycles. The van der Waals surface area contributed by atoms with E-state index in [0.717, 1.165) is 22.6 Å². The van der Waals surface area contributed by atoms with E-state index in [1.165, 1.54) is 18.2 Å². The molecular weight excluding hydrogens is 420 g/mol. The van der Waals surface area contributed by atoms with E-state index < -0.39 is 5.97 Å². The van der Waals surface area contributed by atoms with Crippen LogP contribution in [-0.4, -0.2) is 23.9 Å². The monoisotopic (exact) mass is 442 g/mol. The zero-order valence-electron chi connectivity index (χ0n) is 18.2. The summed E-state index contributed by atoms with van der Waals surface area (Å²) in [6, 6.07) is 26.0. The normalized spacial score (nSPS) is 11.1. The topological polar surface area (TPSA) is 43.6 Å². The zero-order valence-corrected chi connectivity index (χ0v) is 18.9. The number of aryl methyl sites for hydroxylation is 1. The highest BCUT2D eigenvalue weighted by Gasteiger charge is 2.12. The molecule has 0 amide bonds. The molecule has 4 rings (SSSR count). The summed E-state index contributed by atoms with van der Waals surface area (Å²) in [5.74, 6) is -0.482. The summed E-state index contributed by atoms with van der Waals surface area (Å²) in [6.45, 7) is 4.15. The summed E-state index contributed by atoms with van der Waals surface area (Å²) in [5, 5.41) is 0.341. The molecule has 160 valence electrons. The lowest BCUT2D eigenvalue weighted by Crippen LogP contribution is -2.01. The van der Waals surface area contributed by atoms with Crippen molar-refractivity contribution in [1.82, 2.24) is 4.57 Å². The molecule has 0 aliphatic rings. The van der Waals surface area contributed by atoms with E-state index in [9.17, 15) is 4.79 Å². The fraction of sp³-hybridized carbons (Fsp3) is 0.111. The van der Waals surface area contributed by atoms with Gasteiger partial charge in [-0.1, -0.05) is 54.1 Å². The van der Waals surface area contributed by atoms with Gasteiger partial charge in [-0.15, -0.1) is 0 Å². The number of methoxy groups -OCH3 is 1. The van der Waals surface area contributed by atoms with Crippen molar-refractivity contribution in [2.45, 2.75) is 13.8 Å². The second-order valence-electron chi connectivity index (χ2n) is 7.49. The molecule has 1 heterocycles. The number of aliphatic imine (C=N–C) groups is 1. The Morgan fingerprint density at radius 3 is 2.31 bits per heavy atom. The predicted molar refractivity (Wildman–Crippen MR) is 131 cm³/mol. The predicted octanol–water partition coefficient (Wildman–Crippen LogP) is 6.95. The van der Waals surface area contributed by atoms with Gasteiger partial charge in [0.25, 0.3) is 0 Å². The fourth-order valence-corrected chi connectivity index (χ4v) is 3.95. The molecule has 0 saturated carbocycles. The molecule has 0 aliphatic heterocycles. The molecule has 4 aromatic rings. The highest BCUT2D eigenvalue weighted by Crippen LogP contribution is 2.26.